The van der Waals surface area contributed by atoms with Crippen LogP contribution in [0.25, 0.3) is 0 Å². The van der Waals surface area contributed by atoms with E-state index in [2.05, 4.69) is 73.2 Å². The molecule has 0 aromatic heterocycles. The van der Waals surface area contributed by atoms with Crippen LogP contribution in [-0.2, 0) is 10.2 Å². The number of benzene rings is 2. The quantitative estimate of drug-likeness (QED) is 0.555. The largest absolute Gasteiger partial charge is 0.481 e. The number of fused-ring (bicyclic) bond motifs is 4. The third kappa shape index (κ3) is 2.99. The molecule has 1 aliphatic heterocycles. The molecule has 0 atom stereocenters. The van der Waals surface area contributed by atoms with E-state index in [0.29, 0.717) is 6.54 Å². The van der Waals surface area contributed by atoms with Gasteiger partial charge in [0.15, 0.2) is 0 Å². The van der Waals surface area contributed by atoms with E-state index < -0.39 is 5.97 Å². The molecule has 1 N–H and O–H groups in total. The molecule has 26 heavy (non-hydrogen) atoms. The standard InChI is InChI=1S/C21H21Br2NO2/c22-14-4-6-18-16(12-14)21(9-2-1-3-10-21)17-13-15(23)5-7-19(17)24(18)11-8-20(25)26/h4-7,12-13H,1-3,8-11H2,(H,25,26). The molecule has 0 unspecified atom stereocenters. The van der Waals surface area contributed by atoms with Gasteiger partial charge in [-0.3, -0.25) is 4.79 Å². The number of carboxylic acids is 1. The van der Waals surface area contributed by atoms with Crippen molar-refractivity contribution in [2.45, 2.75) is 43.9 Å². The van der Waals surface area contributed by atoms with Gasteiger partial charge in [-0.1, -0.05) is 51.1 Å². The zero-order chi connectivity index (χ0) is 18.3. The Kier molecular flexibility index (Phi) is 4.86. The molecule has 1 fully saturated rings. The lowest BCUT2D eigenvalue weighted by Crippen LogP contribution is -2.39. The zero-order valence-corrected chi connectivity index (χ0v) is 17.6. The first-order valence-electron chi connectivity index (χ1n) is 9.11. The Bertz CT molecular complexity index is 804. The van der Waals surface area contributed by atoms with Gasteiger partial charge >= 0.3 is 5.97 Å². The van der Waals surface area contributed by atoms with E-state index in [9.17, 15) is 9.90 Å². The Morgan fingerprint density at radius 2 is 1.50 bits per heavy atom. The summed E-state index contributed by atoms with van der Waals surface area (Å²) in [5, 5.41) is 9.23. The third-order valence-corrected chi connectivity index (χ3v) is 6.77. The van der Waals surface area contributed by atoms with Gasteiger partial charge in [-0.2, -0.15) is 0 Å². The highest BCUT2D eigenvalue weighted by molar-refractivity contribution is 9.10. The molecule has 1 aliphatic carbocycles. The maximum Gasteiger partial charge on any atom is 0.305 e. The minimum Gasteiger partial charge on any atom is -0.481 e. The highest BCUT2D eigenvalue weighted by Gasteiger charge is 2.44. The van der Waals surface area contributed by atoms with Gasteiger partial charge in [0, 0.05) is 32.3 Å². The van der Waals surface area contributed by atoms with Gasteiger partial charge in [-0.25, -0.2) is 0 Å². The fraction of sp³-hybridized carbons (Fsp3) is 0.381. The van der Waals surface area contributed by atoms with Crippen LogP contribution in [0.2, 0.25) is 0 Å². The van der Waals surface area contributed by atoms with Gasteiger partial charge < -0.3 is 10.0 Å². The van der Waals surface area contributed by atoms with Crippen molar-refractivity contribution in [3.8, 4) is 0 Å². The molecule has 1 saturated carbocycles. The van der Waals surface area contributed by atoms with E-state index in [1.807, 2.05) is 0 Å². The predicted molar refractivity (Wildman–Crippen MR) is 111 cm³/mol. The lowest BCUT2D eigenvalue weighted by Gasteiger charge is -2.47. The summed E-state index contributed by atoms with van der Waals surface area (Å²) >= 11 is 7.31. The van der Waals surface area contributed by atoms with Crippen LogP contribution in [0, 0.1) is 0 Å². The smallest absolute Gasteiger partial charge is 0.305 e. The Balaban J connectivity index is 1.94. The molecule has 2 aromatic carbocycles. The number of rotatable bonds is 3. The lowest BCUT2D eigenvalue weighted by atomic mass is 9.63. The Hall–Kier alpha value is -1.33. The van der Waals surface area contributed by atoms with Crippen LogP contribution >= 0.6 is 31.9 Å². The second-order valence-electron chi connectivity index (χ2n) is 7.26. The third-order valence-electron chi connectivity index (χ3n) is 5.79. The van der Waals surface area contributed by atoms with Crippen LogP contribution in [-0.4, -0.2) is 17.6 Å². The summed E-state index contributed by atoms with van der Waals surface area (Å²) in [4.78, 5) is 13.4. The van der Waals surface area contributed by atoms with Gasteiger partial charge in [-0.05, 0) is 60.4 Å². The number of halogens is 2. The van der Waals surface area contributed by atoms with Crippen LogP contribution in [0.3, 0.4) is 0 Å². The molecule has 0 amide bonds. The number of carbonyl (C=O) groups is 1. The van der Waals surface area contributed by atoms with E-state index in [4.69, 9.17) is 0 Å². The monoisotopic (exact) mass is 477 g/mol. The van der Waals surface area contributed by atoms with Crippen molar-refractivity contribution < 1.29 is 9.90 Å². The Morgan fingerprint density at radius 3 is 2.00 bits per heavy atom. The number of anilines is 2. The predicted octanol–water partition coefficient (Wildman–Crippen LogP) is 6.39. The van der Waals surface area contributed by atoms with Crippen LogP contribution in [0.4, 0.5) is 11.4 Å². The van der Waals surface area contributed by atoms with Crippen molar-refractivity contribution in [3.05, 3.63) is 56.5 Å². The molecule has 0 bridgehead atoms. The first-order valence-corrected chi connectivity index (χ1v) is 10.7. The molecule has 0 radical (unpaired) electrons. The Labute approximate surface area is 170 Å². The fourth-order valence-corrected chi connectivity index (χ4v) is 5.39. The summed E-state index contributed by atoms with van der Waals surface area (Å²) in [5.41, 5.74) is 5.01. The molecular weight excluding hydrogens is 458 g/mol. The molecule has 0 saturated heterocycles. The summed E-state index contributed by atoms with van der Waals surface area (Å²) in [7, 11) is 0. The average Bonchev–Trinajstić information content (AvgIpc) is 2.63. The highest BCUT2D eigenvalue weighted by Crippen LogP contribution is 2.56. The summed E-state index contributed by atoms with van der Waals surface area (Å²) < 4.78 is 2.16. The molecule has 3 nitrogen and oxygen atoms in total. The SMILES string of the molecule is O=C(O)CCN1c2ccc(Br)cc2C2(CCCCC2)c2cc(Br)ccc21. The number of nitrogens with zero attached hydrogens (tertiary/aromatic N) is 1. The summed E-state index contributed by atoms with van der Waals surface area (Å²) in [5.74, 6) is -0.764. The minimum atomic E-state index is -0.764. The number of hydrogen-bond donors (Lipinski definition) is 1. The first-order chi connectivity index (χ1) is 12.5. The van der Waals surface area contributed by atoms with Crippen LogP contribution < -0.4 is 4.90 Å². The Morgan fingerprint density at radius 1 is 0.962 bits per heavy atom. The van der Waals surface area contributed by atoms with Gasteiger partial charge in [-0.15, -0.1) is 0 Å². The van der Waals surface area contributed by atoms with Crippen LogP contribution in [0.1, 0.15) is 49.7 Å². The number of aliphatic carboxylic acids is 1. The van der Waals surface area contributed by atoms with E-state index in [0.717, 1.165) is 33.2 Å². The van der Waals surface area contributed by atoms with Crippen molar-refractivity contribution in [2.75, 3.05) is 11.4 Å². The van der Waals surface area contributed by atoms with Crippen molar-refractivity contribution in [2.24, 2.45) is 0 Å². The molecule has 136 valence electrons. The molecular formula is C21H21Br2NO2. The minimum absolute atomic E-state index is 0.0240. The first kappa shape index (κ1) is 18.1. The zero-order valence-electron chi connectivity index (χ0n) is 14.5. The summed E-state index contributed by atoms with van der Waals surface area (Å²) in [6, 6.07) is 12.9. The van der Waals surface area contributed by atoms with Crippen molar-refractivity contribution in [3.63, 3.8) is 0 Å². The number of carboxylic acid groups (broad SMARTS) is 1. The second-order valence-corrected chi connectivity index (χ2v) is 9.09. The second kappa shape index (κ2) is 7.01. The van der Waals surface area contributed by atoms with E-state index in [1.54, 1.807) is 0 Å². The molecule has 4 rings (SSSR count). The number of hydrogen-bond acceptors (Lipinski definition) is 2. The molecule has 2 aliphatic rings. The van der Waals surface area contributed by atoms with Crippen molar-refractivity contribution >= 4 is 49.2 Å². The summed E-state index contributed by atoms with van der Waals surface area (Å²) in [6.45, 7) is 0.481. The summed E-state index contributed by atoms with van der Waals surface area (Å²) in [6.07, 6.45) is 6.16. The molecule has 1 heterocycles. The van der Waals surface area contributed by atoms with Gasteiger partial charge in [0.25, 0.3) is 0 Å². The fourth-order valence-electron chi connectivity index (χ4n) is 4.67. The van der Waals surface area contributed by atoms with Crippen LogP contribution in [0.5, 0.6) is 0 Å². The van der Waals surface area contributed by atoms with Gasteiger partial charge in [0.1, 0.15) is 0 Å². The lowest BCUT2D eigenvalue weighted by molar-refractivity contribution is -0.136. The topological polar surface area (TPSA) is 40.5 Å². The highest BCUT2D eigenvalue weighted by atomic mass is 79.9. The van der Waals surface area contributed by atoms with E-state index >= 15 is 0 Å². The maximum absolute atomic E-state index is 11.2. The normalized spacial score (nSPS) is 17.7. The molecule has 5 heteroatoms. The van der Waals surface area contributed by atoms with Gasteiger partial charge in [0.05, 0.1) is 6.42 Å². The van der Waals surface area contributed by atoms with Gasteiger partial charge in [0.2, 0.25) is 0 Å². The van der Waals surface area contributed by atoms with Crippen molar-refractivity contribution in [1.82, 2.24) is 0 Å². The van der Waals surface area contributed by atoms with E-state index in [-0.39, 0.29) is 11.8 Å². The van der Waals surface area contributed by atoms with Crippen molar-refractivity contribution in [1.29, 1.82) is 0 Å². The average molecular weight is 479 g/mol. The molecule has 2 aromatic rings. The van der Waals surface area contributed by atoms with Crippen LogP contribution in [0.15, 0.2) is 45.3 Å². The van der Waals surface area contributed by atoms with E-state index in [1.165, 1.54) is 30.4 Å². The maximum atomic E-state index is 11.2. The molecule has 1 spiro atoms.